The number of allylic oxidation sites excluding steroid dienone is 1. The van der Waals surface area contributed by atoms with Crippen LogP contribution < -0.4 is 0 Å². The second kappa shape index (κ2) is 4.85. The van der Waals surface area contributed by atoms with Crippen LogP contribution in [0.2, 0.25) is 0 Å². The topological polar surface area (TPSA) is 0 Å². The molecule has 0 aromatic heterocycles. The molecule has 1 aliphatic carbocycles. The maximum Gasteiger partial charge on any atom is 0.0296 e. The molecule has 1 heteroatoms. The first-order valence-corrected chi connectivity index (χ1v) is 7.99. The van der Waals surface area contributed by atoms with Crippen LogP contribution in [0.1, 0.15) is 28.2 Å². The smallest absolute Gasteiger partial charge is 0.0296 e. The van der Waals surface area contributed by atoms with Gasteiger partial charge in [-0.25, -0.2) is 0 Å². The molecular formula is C20H15Br. The van der Waals surface area contributed by atoms with Crippen LogP contribution >= 0.6 is 15.9 Å². The van der Waals surface area contributed by atoms with Crippen LogP contribution in [0.5, 0.6) is 0 Å². The van der Waals surface area contributed by atoms with E-state index in [0.717, 1.165) is 0 Å². The third kappa shape index (κ3) is 2.04. The summed E-state index contributed by atoms with van der Waals surface area (Å²) in [5, 5.41) is 2.65. The molecule has 0 aliphatic heterocycles. The maximum absolute atomic E-state index is 3.76. The molecule has 0 nitrogen and oxygen atoms in total. The number of aryl methyl sites for hydroxylation is 1. The largest absolute Gasteiger partial charge is 0.0720 e. The highest BCUT2D eigenvalue weighted by Crippen LogP contribution is 2.41. The van der Waals surface area contributed by atoms with Crippen LogP contribution in [0, 0.1) is 6.92 Å². The predicted octanol–water partition coefficient (Wildman–Crippen LogP) is 6.07. The lowest BCUT2D eigenvalue weighted by molar-refractivity contribution is 1.06. The molecule has 3 aromatic rings. The lowest BCUT2D eigenvalue weighted by Crippen LogP contribution is -1.98. The second-order valence-electron chi connectivity index (χ2n) is 5.65. The number of rotatable bonds is 1. The molecule has 102 valence electrons. The predicted molar refractivity (Wildman–Crippen MR) is 93.7 cm³/mol. The monoisotopic (exact) mass is 334 g/mol. The van der Waals surface area contributed by atoms with Crippen LogP contribution in [0.4, 0.5) is 0 Å². The van der Waals surface area contributed by atoms with Crippen molar-refractivity contribution in [2.45, 2.75) is 12.8 Å². The number of halogens is 1. The van der Waals surface area contributed by atoms with E-state index in [1.807, 2.05) is 0 Å². The van der Waals surface area contributed by atoms with E-state index >= 15 is 0 Å². The lowest BCUT2D eigenvalue weighted by Gasteiger charge is -2.17. The molecule has 0 spiro atoms. The molecule has 1 aliphatic rings. The summed E-state index contributed by atoms with van der Waals surface area (Å²) in [5.74, 6) is 0.335. The van der Waals surface area contributed by atoms with Crippen molar-refractivity contribution in [3.63, 3.8) is 0 Å². The summed E-state index contributed by atoms with van der Waals surface area (Å²) < 4.78 is 1.19. The zero-order chi connectivity index (χ0) is 14.4. The summed E-state index contributed by atoms with van der Waals surface area (Å²) in [6, 6.07) is 19.7. The minimum atomic E-state index is 0.335. The Balaban J connectivity index is 2.00. The van der Waals surface area contributed by atoms with E-state index in [1.54, 1.807) is 0 Å². The number of fused-ring (bicyclic) bond motifs is 2. The molecule has 1 atom stereocenters. The van der Waals surface area contributed by atoms with Gasteiger partial charge in [-0.3, -0.25) is 0 Å². The van der Waals surface area contributed by atoms with Crippen LogP contribution in [0.25, 0.3) is 16.8 Å². The Bertz CT molecular complexity index is 874. The quantitative estimate of drug-likeness (QED) is 0.506. The first-order valence-electron chi connectivity index (χ1n) is 7.20. The molecule has 0 N–H and O–H groups in total. The van der Waals surface area contributed by atoms with Gasteiger partial charge in [-0.15, -0.1) is 0 Å². The lowest BCUT2D eigenvalue weighted by atomic mass is 9.89. The van der Waals surface area contributed by atoms with Gasteiger partial charge in [0.2, 0.25) is 0 Å². The van der Waals surface area contributed by atoms with Gasteiger partial charge in [-0.1, -0.05) is 82.2 Å². The van der Waals surface area contributed by atoms with Gasteiger partial charge < -0.3 is 0 Å². The van der Waals surface area contributed by atoms with Crippen molar-refractivity contribution in [3.05, 3.63) is 87.4 Å². The Morgan fingerprint density at radius 3 is 2.71 bits per heavy atom. The van der Waals surface area contributed by atoms with Gasteiger partial charge in [0.15, 0.2) is 0 Å². The van der Waals surface area contributed by atoms with Crippen molar-refractivity contribution < 1.29 is 0 Å². The Kier molecular flexibility index (Phi) is 2.97. The van der Waals surface area contributed by atoms with Crippen molar-refractivity contribution in [1.29, 1.82) is 0 Å². The Morgan fingerprint density at radius 1 is 0.952 bits per heavy atom. The van der Waals surface area contributed by atoms with E-state index in [-0.39, 0.29) is 0 Å². The molecule has 0 saturated heterocycles. The summed E-state index contributed by atoms with van der Waals surface area (Å²) in [6.07, 6.45) is 4.55. The molecule has 0 saturated carbocycles. The molecule has 0 fully saturated rings. The van der Waals surface area contributed by atoms with E-state index in [4.69, 9.17) is 0 Å². The molecule has 0 amide bonds. The summed E-state index contributed by atoms with van der Waals surface area (Å²) in [5.41, 5.74) is 5.40. The third-order valence-electron chi connectivity index (χ3n) is 4.27. The first kappa shape index (κ1) is 12.8. The Hall–Kier alpha value is -1.86. The van der Waals surface area contributed by atoms with Crippen molar-refractivity contribution in [3.8, 4) is 0 Å². The summed E-state index contributed by atoms with van der Waals surface area (Å²) in [4.78, 5) is 0. The van der Waals surface area contributed by atoms with Gasteiger partial charge in [0.25, 0.3) is 0 Å². The highest BCUT2D eigenvalue weighted by atomic mass is 79.9. The number of hydrogen-bond acceptors (Lipinski definition) is 0. The van der Waals surface area contributed by atoms with E-state index < -0.39 is 0 Å². The SMILES string of the molecule is Cc1ccc2c(C3C=Cc4ccccc43)c(Br)ccc2c1. The van der Waals surface area contributed by atoms with Gasteiger partial charge in [0.1, 0.15) is 0 Å². The highest BCUT2D eigenvalue weighted by molar-refractivity contribution is 9.10. The molecule has 21 heavy (non-hydrogen) atoms. The van der Waals surface area contributed by atoms with E-state index in [0.29, 0.717) is 5.92 Å². The fraction of sp³-hybridized carbons (Fsp3) is 0.100. The van der Waals surface area contributed by atoms with Crippen LogP contribution in [0.15, 0.2) is 65.1 Å². The van der Waals surface area contributed by atoms with E-state index in [9.17, 15) is 0 Å². The summed E-state index contributed by atoms with van der Waals surface area (Å²) in [7, 11) is 0. The average molecular weight is 335 g/mol. The highest BCUT2D eigenvalue weighted by Gasteiger charge is 2.22. The number of benzene rings is 3. The van der Waals surface area contributed by atoms with Gasteiger partial charge in [-0.2, -0.15) is 0 Å². The van der Waals surface area contributed by atoms with Crippen molar-refractivity contribution >= 4 is 32.8 Å². The summed E-state index contributed by atoms with van der Waals surface area (Å²) >= 11 is 3.76. The fourth-order valence-electron chi connectivity index (χ4n) is 3.26. The van der Waals surface area contributed by atoms with Gasteiger partial charge >= 0.3 is 0 Å². The fourth-order valence-corrected chi connectivity index (χ4v) is 3.86. The zero-order valence-electron chi connectivity index (χ0n) is 11.8. The van der Waals surface area contributed by atoms with Crippen molar-refractivity contribution in [2.75, 3.05) is 0 Å². The first-order chi connectivity index (χ1) is 10.2. The molecule has 0 heterocycles. The average Bonchev–Trinajstić information content (AvgIpc) is 2.91. The number of hydrogen-bond donors (Lipinski definition) is 0. The van der Waals surface area contributed by atoms with Crippen LogP contribution in [-0.4, -0.2) is 0 Å². The van der Waals surface area contributed by atoms with Crippen molar-refractivity contribution in [1.82, 2.24) is 0 Å². The minimum Gasteiger partial charge on any atom is -0.0720 e. The van der Waals surface area contributed by atoms with Crippen LogP contribution in [0.3, 0.4) is 0 Å². The Labute approximate surface area is 133 Å². The van der Waals surface area contributed by atoms with Gasteiger partial charge in [0.05, 0.1) is 0 Å². The van der Waals surface area contributed by atoms with Gasteiger partial charge in [-0.05, 0) is 40.5 Å². The molecule has 1 unspecified atom stereocenters. The van der Waals surface area contributed by atoms with Crippen molar-refractivity contribution in [2.24, 2.45) is 0 Å². The standard InChI is InChI=1S/C20H15Br/c1-13-6-9-17-15(12-13)8-11-19(21)20(17)18-10-7-14-4-2-3-5-16(14)18/h2-12,18H,1H3. The minimum absolute atomic E-state index is 0.335. The normalized spacial score (nSPS) is 16.4. The third-order valence-corrected chi connectivity index (χ3v) is 4.97. The molecule has 4 rings (SSSR count). The Morgan fingerprint density at radius 2 is 1.81 bits per heavy atom. The molecule has 0 radical (unpaired) electrons. The van der Waals surface area contributed by atoms with Crippen LogP contribution in [-0.2, 0) is 0 Å². The maximum atomic E-state index is 3.76. The summed E-state index contributed by atoms with van der Waals surface area (Å²) in [6.45, 7) is 2.14. The molecule has 3 aromatic carbocycles. The molecule has 0 bridgehead atoms. The second-order valence-corrected chi connectivity index (χ2v) is 6.51. The molecular weight excluding hydrogens is 320 g/mol. The van der Waals surface area contributed by atoms with E-state index in [2.05, 4.69) is 89.6 Å². The zero-order valence-corrected chi connectivity index (χ0v) is 13.4. The van der Waals surface area contributed by atoms with Gasteiger partial charge in [0, 0.05) is 10.4 Å². The van der Waals surface area contributed by atoms with E-state index in [1.165, 1.54) is 37.5 Å².